The lowest BCUT2D eigenvalue weighted by molar-refractivity contribution is 0.138. The van der Waals surface area contributed by atoms with Gasteiger partial charge in [-0.05, 0) is 42.3 Å². The van der Waals surface area contributed by atoms with Crippen molar-refractivity contribution < 1.29 is 14.2 Å². The van der Waals surface area contributed by atoms with E-state index in [1.165, 1.54) is 6.07 Å². The Balaban J connectivity index is 1.81. The van der Waals surface area contributed by atoms with Gasteiger partial charge in [0.2, 0.25) is 0 Å². The Morgan fingerprint density at radius 3 is 2.76 bits per heavy atom. The molecule has 0 bridgehead atoms. The van der Waals surface area contributed by atoms with Gasteiger partial charge in [0, 0.05) is 17.9 Å². The molecule has 0 fully saturated rings. The van der Waals surface area contributed by atoms with E-state index in [1.807, 2.05) is 31.2 Å². The van der Waals surface area contributed by atoms with Crippen molar-refractivity contribution >= 4 is 11.6 Å². The molecule has 2 nitrogen and oxygen atoms in total. The van der Waals surface area contributed by atoms with Gasteiger partial charge in [-0.15, -0.1) is 0 Å². The van der Waals surface area contributed by atoms with Gasteiger partial charge in [0.25, 0.3) is 0 Å². The number of ether oxygens (including phenoxy) is 1. The summed E-state index contributed by atoms with van der Waals surface area (Å²) < 4.78 is 19.2. The number of benzene rings is 2. The molecular weight excluding hydrogens is 291 g/mol. The zero-order valence-corrected chi connectivity index (χ0v) is 12.6. The monoisotopic (exact) mass is 308 g/mol. The molecule has 0 amide bonds. The van der Waals surface area contributed by atoms with Crippen LogP contribution in [0, 0.1) is 12.7 Å². The van der Waals surface area contributed by atoms with Crippen LogP contribution in [0.25, 0.3) is 0 Å². The van der Waals surface area contributed by atoms with E-state index in [0.29, 0.717) is 23.6 Å². The molecule has 1 unspecified atom stereocenters. The molecule has 0 spiro atoms. The van der Waals surface area contributed by atoms with Crippen molar-refractivity contribution in [3.63, 3.8) is 0 Å². The molecule has 2 aromatic rings. The molecule has 0 heterocycles. The summed E-state index contributed by atoms with van der Waals surface area (Å²) in [5.41, 5.74) is 1.58. The van der Waals surface area contributed by atoms with Crippen LogP contribution in [0.15, 0.2) is 42.5 Å². The Morgan fingerprint density at radius 2 is 2.05 bits per heavy atom. The predicted molar refractivity (Wildman–Crippen MR) is 82.4 cm³/mol. The van der Waals surface area contributed by atoms with Crippen molar-refractivity contribution in [2.75, 3.05) is 6.61 Å². The summed E-state index contributed by atoms with van der Waals surface area (Å²) in [4.78, 5) is 0. The van der Waals surface area contributed by atoms with E-state index in [2.05, 4.69) is 0 Å². The van der Waals surface area contributed by atoms with E-state index in [9.17, 15) is 9.50 Å². The molecule has 21 heavy (non-hydrogen) atoms. The molecule has 1 atom stereocenters. The average molecular weight is 309 g/mol. The standard InChI is InChI=1S/C17H18ClFO2/c1-12-3-2-4-16(9-12)21-8-7-15(20)10-13-5-6-14(18)11-17(13)19/h2-6,9,11,15,20H,7-8,10H2,1H3. The first-order valence-electron chi connectivity index (χ1n) is 6.86. The van der Waals surface area contributed by atoms with Gasteiger partial charge in [-0.1, -0.05) is 29.8 Å². The summed E-state index contributed by atoms with van der Waals surface area (Å²) in [6.07, 6.45) is 0.0430. The lowest BCUT2D eigenvalue weighted by atomic mass is 10.1. The molecular formula is C17H18ClFO2. The third kappa shape index (κ3) is 5.03. The van der Waals surface area contributed by atoms with E-state index in [4.69, 9.17) is 16.3 Å². The average Bonchev–Trinajstić information content (AvgIpc) is 2.42. The van der Waals surface area contributed by atoms with Gasteiger partial charge in [0.15, 0.2) is 0 Å². The van der Waals surface area contributed by atoms with Crippen molar-refractivity contribution in [2.45, 2.75) is 25.9 Å². The predicted octanol–water partition coefficient (Wildman–Crippen LogP) is 4.16. The number of aliphatic hydroxyl groups is 1. The normalized spacial score (nSPS) is 12.2. The third-order valence-electron chi connectivity index (χ3n) is 3.18. The number of aryl methyl sites for hydroxylation is 1. The van der Waals surface area contributed by atoms with Crippen LogP contribution in [0.1, 0.15) is 17.5 Å². The van der Waals surface area contributed by atoms with E-state index >= 15 is 0 Å². The summed E-state index contributed by atoms with van der Waals surface area (Å²) in [5, 5.41) is 10.3. The fraction of sp³-hybridized carbons (Fsp3) is 0.294. The van der Waals surface area contributed by atoms with Crippen molar-refractivity contribution in [3.05, 3.63) is 64.4 Å². The van der Waals surface area contributed by atoms with Gasteiger partial charge in [-0.2, -0.15) is 0 Å². The van der Waals surface area contributed by atoms with Crippen molar-refractivity contribution in [3.8, 4) is 5.75 Å². The van der Waals surface area contributed by atoms with E-state index < -0.39 is 6.10 Å². The highest BCUT2D eigenvalue weighted by atomic mass is 35.5. The number of aliphatic hydroxyl groups excluding tert-OH is 1. The number of rotatable bonds is 6. The van der Waals surface area contributed by atoms with Gasteiger partial charge < -0.3 is 9.84 Å². The highest BCUT2D eigenvalue weighted by molar-refractivity contribution is 6.30. The molecule has 2 aromatic carbocycles. The lowest BCUT2D eigenvalue weighted by Gasteiger charge is -2.12. The summed E-state index contributed by atoms with van der Waals surface area (Å²) >= 11 is 5.70. The minimum Gasteiger partial charge on any atom is -0.493 e. The number of hydrogen-bond acceptors (Lipinski definition) is 2. The van der Waals surface area contributed by atoms with Crippen molar-refractivity contribution in [1.29, 1.82) is 0 Å². The van der Waals surface area contributed by atoms with Crippen molar-refractivity contribution in [2.24, 2.45) is 0 Å². The minimum atomic E-state index is -0.648. The Bertz CT molecular complexity index is 601. The van der Waals surface area contributed by atoms with Gasteiger partial charge in [-0.3, -0.25) is 0 Å². The second-order valence-electron chi connectivity index (χ2n) is 5.05. The first-order valence-corrected chi connectivity index (χ1v) is 7.24. The molecule has 0 aliphatic carbocycles. The molecule has 0 aliphatic rings. The second kappa shape index (κ2) is 7.43. The Morgan fingerprint density at radius 1 is 1.24 bits per heavy atom. The van der Waals surface area contributed by atoms with Crippen LogP contribution < -0.4 is 4.74 Å². The van der Waals surface area contributed by atoms with Gasteiger partial charge in [-0.25, -0.2) is 4.39 Å². The topological polar surface area (TPSA) is 29.5 Å². The van der Waals surface area contributed by atoms with Gasteiger partial charge in [0.05, 0.1) is 12.7 Å². The first-order chi connectivity index (χ1) is 10.0. The fourth-order valence-electron chi connectivity index (χ4n) is 2.06. The molecule has 4 heteroatoms. The lowest BCUT2D eigenvalue weighted by Crippen LogP contribution is -2.15. The summed E-state index contributed by atoms with van der Waals surface area (Å²) in [7, 11) is 0. The van der Waals surface area contributed by atoms with Crippen LogP contribution in [0.4, 0.5) is 4.39 Å². The van der Waals surface area contributed by atoms with Gasteiger partial charge >= 0.3 is 0 Å². The molecule has 112 valence electrons. The highest BCUT2D eigenvalue weighted by Gasteiger charge is 2.10. The van der Waals surface area contributed by atoms with Crippen molar-refractivity contribution in [1.82, 2.24) is 0 Å². The highest BCUT2D eigenvalue weighted by Crippen LogP contribution is 2.17. The van der Waals surface area contributed by atoms with Crippen LogP contribution in [0.5, 0.6) is 5.75 Å². The van der Waals surface area contributed by atoms with E-state index in [1.54, 1.807) is 12.1 Å². The molecule has 0 aliphatic heterocycles. The Hall–Kier alpha value is -1.58. The minimum absolute atomic E-state index is 0.250. The van der Waals surface area contributed by atoms with E-state index in [-0.39, 0.29) is 12.2 Å². The van der Waals surface area contributed by atoms with Crippen LogP contribution in [0.3, 0.4) is 0 Å². The molecule has 0 radical (unpaired) electrons. The first kappa shape index (κ1) is 15.8. The largest absolute Gasteiger partial charge is 0.493 e. The number of hydrogen-bond donors (Lipinski definition) is 1. The molecule has 0 aromatic heterocycles. The van der Waals surface area contributed by atoms with Gasteiger partial charge in [0.1, 0.15) is 11.6 Å². The Kier molecular flexibility index (Phi) is 5.59. The zero-order chi connectivity index (χ0) is 15.2. The van der Waals surface area contributed by atoms with E-state index in [0.717, 1.165) is 11.3 Å². The SMILES string of the molecule is Cc1cccc(OCCC(O)Cc2ccc(Cl)cc2F)c1. The van der Waals surface area contributed by atoms with Crippen LogP contribution >= 0.6 is 11.6 Å². The summed E-state index contributed by atoms with van der Waals surface area (Å²) in [5.74, 6) is 0.390. The summed E-state index contributed by atoms with van der Waals surface area (Å²) in [6.45, 7) is 2.38. The summed E-state index contributed by atoms with van der Waals surface area (Å²) in [6, 6.07) is 12.2. The zero-order valence-electron chi connectivity index (χ0n) is 11.9. The quantitative estimate of drug-likeness (QED) is 0.868. The van der Waals surface area contributed by atoms with Crippen LogP contribution in [-0.4, -0.2) is 17.8 Å². The third-order valence-corrected chi connectivity index (χ3v) is 3.42. The second-order valence-corrected chi connectivity index (χ2v) is 5.48. The van der Waals surface area contributed by atoms with Crippen LogP contribution in [-0.2, 0) is 6.42 Å². The smallest absolute Gasteiger partial charge is 0.127 e. The molecule has 2 rings (SSSR count). The Labute approximate surface area is 129 Å². The maximum Gasteiger partial charge on any atom is 0.127 e. The maximum absolute atomic E-state index is 13.6. The number of halogens is 2. The van der Waals surface area contributed by atoms with Crippen LogP contribution in [0.2, 0.25) is 5.02 Å². The molecule has 0 saturated heterocycles. The molecule has 0 saturated carbocycles. The molecule has 1 N–H and O–H groups in total. The maximum atomic E-state index is 13.6. The fourth-order valence-corrected chi connectivity index (χ4v) is 2.22.